The highest BCUT2D eigenvalue weighted by Gasteiger charge is 2.25. The van der Waals surface area contributed by atoms with Crippen molar-refractivity contribution in [2.45, 2.75) is 148 Å². The van der Waals surface area contributed by atoms with E-state index in [0.717, 1.165) is 83.5 Å². The number of nitrogens with zero attached hydrogens (tertiary/aromatic N) is 1. The van der Waals surface area contributed by atoms with Crippen molar-refractivity contribution >= 4 is 17.9 Å². The van der Waals surface area contributed by atoms with E-state index in [9.17, 15) is 19.5 Å². The maximum Gasteiger partial charge on any atom is 0.361 e. The van der Waals surface area contributed by atoms with Crippen LogP contribution in [0.1, 0.15) is 136 Å². The molecule has 0 spiro atoms. The number of allylic oxidation sites excluding steroid dienone is 16. The summed E-state index contributed by atoms with van der Waals surface area (Å²) >= 11 is 0. The van der Waals surface area contributed by atoms with Crippen LogP contribution in [-0.4, -0.2) is 87.4 Å². The third-order valence-corrected chi connectivity index (χ3v) is 8.59. The molecule has 0 amide bonds. The Labute approximate surface area is 352 Å². The maximum atomic E-state index is 12.7. The molecule has 9 heteroatoms. The number of rotatable bonds is 38. The summed E-state index contributed by atoms with van der Waals surface area (Å²) in [6, 6.07) is 0. The van der Waals surface area contributed by atoms with Gasteiger partial charge >= 0.3 is 17.9 Å². The van der Waals surface area contributed by atoms with E-state index in [1.807, 2.05) is 33.3 Å². The standard InChI is InChI=1S/C49H79NO8/c1-6-8-10-12-14-16-18-20-22-23-24-25-26-28-30-32-34-36-38-40-47(52)58-45(44-57-49(48(53)54)55-42-41-50(3,4)5)43-56-46(51)39-37-35-33-31-29-27-21-19-17-15-13-11-9-7-2/h8,10,13-16,19-22,24-25,28,30,34,36,45,49H,6-7,9,11-12,17-18,23,26-27,29,31-33,35,37-44H2,1-5H3/p+1/b10-8-,15-13-,16-14-,21-19-,22-20-,25-24-,30-28-,36-34-. The first-order chi connectivity index (χ1) is 28.1. The van der Waals surface area contributed by atoms with E-state index in [1.165, 1.54) is 12.8 Å². The van der Waals surface area contributed by atoms with Crippen LogP contribution in [0.2, 0.25) is 0 Å². The Hall–Kier alpha value is -3.79. The van der Waals surface area contributed by atoms with Crippen LogP contribution in [0.5, 0.6) is 0 Å². The number of likely N-dealkylation sites (N-methyl/N-ethyl adjacent to an activating group) is 1. The molecule has 0 heterocycles. The summed E-state index contributed by atoms with van der Waals surface area (Å²) in [5.74, 6) is -2.16. The second-order valence-electron chi connectivity index (χ2n) is 15.3. The average molecular weight is 811 g/mol. The number of carboxylic acids is 1. The lowest BCUT2D eigenvalue weighted by Crippen LogP contribution is -2.40. The number of aliphatic carboxylic acids is 1. The van der Waals surface area contributed by atoms with Crippen molar-refractivity contribution in [3.05, 3.63) is 97.2 Å². The lowest BCUT2D eigenvalue weighted by molar-refractivity contribution is -0.870. The highest BCUT2D eigenvalue weighted by Crippen LogP contribution is 2.11. The normalized spacial score (nSPS) is 13.9. The number of carbonyl (C=O) groups excluding carboxylic acids is 2. The van der Waals surface area contributed by atoms with E-state index in [2.05, 4.69) is 98.9 Å². The van der Waals surface area contributed by atoms with E-state index in [0.29, 0.717) is 23.9 Å². The molecular formula is C49H80NO8+. The van der Waals surface area contributed by atoms with Gasteiger partial charge in [0.25, 0.3) is 6.29 Å². The predicted octanol–water partition coefficient (Wildman–Crippen LogP) is 11.5. The van der Waals surface area contributed by atoms with Crippen molar-refractivity contribution in [2.24, 2.45) is 0 Å². The molecule has 58 heavy (non-hydrogen) atoms. The fraction of sp³-hybridized carbons (Fsp3) is 0.612. The minimum atomic E-state index is -1.54. The van der Waals surface area contributed by atoms with Crippen molar-refractivity contribution < 1.29 is 42.9 Å². The van der Waals surface area contributed by atoms with Crippen molar-refractivity contribution in [1.29, 1.82) is 0 Å². The Balaban J connectivity index is 4.64. The van der Waals surface area contributed by atoms with Crippen LogP contribution in [-0.2, 0) is 33.3 Å². The topological polar surface area (TPSA) is 108 Å². The van der Waals surface area contributed by atoms with Gasteiger partial charge in [0.05, 0.1) is 34.4 Å². The number of hydrogen-bond donors (Lipinski definition) is 1. The minimum absolute atomic E-state index is 0.126. The van der Waals surface area contributed by atoms with Crippen LogP contribution in [0.15, 0.2) is 97.2 Å². The fourth-order valence-corrected chi connectivity index (χ4v) is 5.17. The van der Waals surface area contributed by atoms with Crippen molar-refractivity contribution in [1.82, 2.24) is 0 Å². The highest BCUT2D eigenvalue weighted by molar-refractivity contribution is 5.71. The monoisotopic (exact) mass is 811 g/mol. The Bertz CT molecular complexity index is 1270. The Morgan fingerprint density at radius 3 is 1.53 bits per heavy atom. The molecule has 0 radical (unpaired) electrons. The number of quaternary nitrogens is 1. The molecule has 0 rings (SSSR count). The summed E-state index contributed by atoms with van der Waals surface area (Å²) in [5.41, 5.74) is 0. The van der Waals surface area contributed by atoms with Crippen LogP contribution >= 0.6 is 0 Å². The summed E-state index contributed by atoms with van der Waals surface area (Å²) in [4.78, 5) is 37.0. The molecule has 1 N–H and O–H groups in total. The van der Waals surface area contributed by atoms with Crippen LogP contribution in [0.4, 0.5) is 0 Å². The summed E-state index contributed by atoms with van der Waals surface area (Å²) < 4.78 is 22.6. The molecular weight excluding hydrogens is 731 g/mol. The van der Waals surface area contributed by atoms with E-state index in [1.54, 1.807) is 0 Å². The molecule has 0 aliphatic heterocycles. The van der Waals surface area contributed by atoms with Crippen molar-refractivity contribution in [3.63, 3.8) is 0 Å². The van der Waals surface area contributed by atoms with Gasteiger partial charge in [0, 0.05) is 12.8 Å². The number of ether oxygens (including phenoxy) is 4. The molecule has 0 aliphatic carbocycles. The van der Waals surface area contributed by atoms with Crippen molar-refractivity contribution in [2.75, 3.05) is 47.5 Å². The van der Waals surface area contributed by atoms with Crippen LogP contribution in [0, 0.1) is 0 Å². The SMILES string of the molecule is CC/C=C\C/C=C\C/C=C\C/C=C\C/C=C\C/C=C\CCC(=O)OC(COC(=O)CCCCCCC/C=C\C/C=C\CCCC)COC(OCC[N+](C)(C)C)C(=O)O. The largest absolute Gasteiger partial charge is 0.477 e. The smallest absolute Gasteiger partial charge is 0.361 e. The molecule has 9 nitrogen and oxygen atoms in total. The van der Waals surface area contributed by atoms with Gasteiger partial charge in [-0.2, -0.15) is 0 Å². The zero-order chi connectivity index (χ0) is 42.8. The van der Waals surface area contributed by atoms with E-state index in [-0.39, 0.29) is 38.6 Å². The van der Waals surface area contributed by atoms with Crippen LogP contribution in [0.25, 0.3) is 0 Å². The summed E-state index contributed by atoms with van der Waals surface area (Å²) in [7, 11) is 5.91. The van der Waals surface area contributed by atoms with E-state index >= 15 is 0 Å². The van der Waals surface area contributed by atoms with Crippen LogP contribution in [0.3, 0.4) is 0 Å². The van der Waals surface area contributed by atoms with Crippen molar-refractivity contribution in [3.8, 4) is 0 Å². The Morgan fingerprint density at radius 1 is 0.534 bits per heavy atom. The molecule has 0 aliphatic rings. The van der Waals surface area contributed by atoms with Gasteiger partial charge in [0.15, 0.2) is 6.10 Å². The zero-order valence-electron chi connectivity index (χ0n) is 36.9. The Kier molecular flexibility index (Phi) is 37.4. The first-order valence-corrected chi connectivity index (χ1v) is 21.9. The quantitative estimate of drug-likeness (QED) is 0.0216. The summed E-state index contributed by atoms with van der Waals surface area (Å²) in [6.45, 7) is 4.57. The molecule has 0 saturated heterocycles. The van der Waals surface area contributed by atoms with Gasteiger partial charge in [0.1, 0.15) is 13.2 Å². The minimum Gasteiger partial charge on any atom is -0.477 e. The van der Waals surface area contributed by atoms with Gasteiger partial charge < -0.3 is 28.5 Å². The summed E-state index contributed by atoms with van der Waals surface area (Å²) in [6.07, 6.45) is 49.1. The van der Waals surface area contributed by atoms with E-state index in [4.69, 9.17) is 18.9 Å². The lowest BCUT2D eigenvalue weighted by atomic mass is 10.1. The van der Waals surface area contributed by atoms with E-state index < -0.39 is 24.3 Å². The number of unbranched alkanes of at least 4 members (excludes halogenated alkanes) is 7. The molecule has 0 bridgehead atoms. The third-order valence-electron chi connectivity index (χ3n) is 8.59. The fourth-order valence-electron chi connectivity index (χ4n) is 5.17. The first kappa shape index (κ1) is 54.2. The molecule has 2 atom stereocenters. The molecule has 0 aromatic heterocycles. The molecule has 328 valence electrons. The second kappa shape index (κ2) is 40.0. The second-order valence-corrected chi connectivity index (χ2v) is 15.3. The van der Waals surface area contributed by atoms with Gasteiger partial charge in [-0.25, -0.2) is 4.79 Å². The van der Waals surface area contributed by atoms with Gasteiger partial charge in [0.2, 0.25) is 0 Å². The maximum absolute atomic E-state index is 12.7. The van der Waals surface area contributed by atoms with Gasteiger partial charge in [-0.1, -0.05) is 143 Å². The lowest BCUT2D eigenvalue weighted by Gasteiger charge is -2.25. The number of hydrogen-bond acceptors (Lipinski definition) is 7. The Morgan fingerprint density at radius 2 is 1.02 bits per heavy atom. The number of carbonyl (C=O) groups is 3. The first-order valence-electron chi connectivity index (χ1n) is 21.9. The molecule has 0 fully saturated rings. The van der Waals surface area contributed by atoms with Crippen LogP contribution < -0.4 is 0 Å². The molecule has 0 aromatic carbocycles. The average Bonchev–Trinajstić information content (AvgIpc) is 3.18. The van der Waals surface area contributed by atoms with Gasteiger partial charge in [-0.15, -0.1) is 0 Å². The highest BCUT2D eigenvalue weighted by atomic mass is 16.7. The number of esters is 2. The number of carboxylic acid groups (broad SMARTS) is 1. The van der Waals surface area contributed by atoms with Gasteiger partial charge in [-0.05, 0) is 77.0 Å². The summed E-state index contributed by atoms with van der Waals surface area (Å²) in [5, 5.41) is 9.62. The predicted molar refractivity (Wildman–Crippen MR) is 239 cm³/mol. The van der Waals surface area contributed by atoms with Gasteiger partial charge in [-0.3, -0.25) is 9.59 Å². The molecule has 0 aromatic rings. The zero-order valence-corrected chi connectivity index (χ0v) is 36.9. The molecule has 0 saturated carbocycles. The molecule has 2 unspecified atom stereocenters. The third kappa shape index (κ3) is 40.4.